The van der Waals surface area contributed by atoms with E-state index in [-0.39, 0.29) is 11.3 Å². The standard InChI is InChI=1S/C26H51F3/c1-9-17-24(8,27)18-15-19-25(28,22(10-2)11-3)20-16-21-26(29,14-6)23(7,12-4)13-5/h22H,9-21H2,1-8H3/t24?,25-,26?/m0/s1. The van der Waals surface area contributed by atoms with Crippen molar-refractivity contribution in [3.63, 3.8) is 0 Å². The molecule has 0 amide bonds. The van der Waals surface area contributed by atoms with E-state index in [9.17, 15) is 4.39 Å². The first-order valence-corrected chi connectivity index (χ1v) is 12.5. The molecule has 0 saturated carbocycles. The average Bonchev–Trinajstić information content (AvgIpc) is 2.67. The second-order valence-corrected chi connectivity index (χ2v) is 10.0. The van der Waals surface area contributed by atoms with E-state index in [4.69, 9.17) is 0 Å². The summed E-state index contributed by atoms with van der Waals surface area (Å²) in [5.74, 6) is -0.0288. The molecule has 2 unspecified atom stereocenters. The van der Waals surface area contributed by atoms with Gasteiger partial charge in [0, 0.05) is 5.41 Å². The maximum absolute atomic E-state index is 16.1. The molecule has 0 aromatic rings. The van der Waals surface area contributed by atoms with Gasteiger partial charge in [0.15, 0.2) is 0 Å². The fourth-order valence-electron chi connectivity index (χ4n) is 5.40. The van der Waals surface area contributed by atoms with Crippen molar-refractivity contribution in [1.29, 1.82) is 0 Å². The summed E-state index contributed by atoms with van der Waals surface area (Å²) in [6, 6.07) is 0. The Morgan fingerprint density at radius 1 is 0.621 bits per heavy atom. The van der Waals surface area contributed by atoms with Gasteiger partial charge in [-0.2, -0.15) is 0 Å². The molecule has 0 aliphatic heterocycles. The molecule has 3 heteroatoms. The zero-order chi connectivity index (χ0) is 22.8. The molecule has 0 saturated heterocycles. The number of alkyl halides is 3. The number of hydrogen-bond acceptors (Lipinski definition) is 0. The molecule has 0 aliphatic rings. The van der Waals surface area contributed by atoms with Gasteiger partial charge < -0.3 is 0 Å². The van der Waals surface area contributed by atoms with Crippen molar-refractivity contribution in [1.82, 2.24) is 0 Å². The number of halogens is 3. The van der Waals surface area contributed by atoms with Gasteiger partial charge in [-0.25, -0.2) is 13.2 Å². The fraction of sp³-hybridized carbons (Fsp3) is 1.00. The maximum atomic E-state index is 16.1. The van der Waals surface area contributed by atoms with Crippen LogP contribution in [0.3, 0.4) is 0 Å². The molecule has 0 heterocycles. The Hall–Kier alpha value is -0.210. The molecule has 0 radical (unpaired) electrons. The van der Waals surface area contributed by atoms with Crippen LogP contribution in [0.5, 0.6) is 0 Å². The molecule has 0 fully saturated rings. The highest BCUT2D eigenvalue weighted by Crippen LogP contribution is 2.47. The summed E-state index contributed by atoms with van der Waals surface area (Å²) < 4.78 is 46.5. The zero-order valence-corrected chi connectivity index (χ0v) is 20.9. The Morgan fingerprint density at radius 3 is 1.48 bits per heavy atom. The molecule has 29 heavy (non-hydrogen) atoms. The molecule has 176 valence electrons. The SMILES string of the molecule is CCCC(C)(F)CCC[C@](F)(CCCC(F)(CC)C(C)(CC)CC)C(CC)CC. The molecule has 0 aromatic carbocycles. The van der Waals surface area contributed by atoms with Gasteiger partial charge in [0.2, 0.25) is 0 Å². The summed E-state index contributed by atoms with van der Waals surface area (Å²) in [7, 11) is 0. The fourth-order valence-corrected chi connectivity index (χ4v) is 5.40. The van der Waals surface area contributed by atoms with E-state index >= 15 is 8.78 Å². The van der Waals surface area contributed by atoms with E-state index in [1.54, 1.807) is 6.92 Å². The minimum atomic E-state index is -1.31. The van der Waals surface area contributed by atoms with Crippen LogP contribution in [0.2, 0.25) is 0 Å². The van der Waals surface area contributed by atoms with Crippen molar-refractivity contribution in [2.45, 2.75) is 156 Å². The first kappa shape index (κ1) is 28.8. The van der Waals surface area contributed by atoms with Gasteiger partial charge in [0.05, 0.1) is 0 Å². The molecule has 0 aromatic heterocycles. The lowest BCUT2D eigenvalue weighted by Crippen LogP contribution is -2.42. The van der Waals surface area contributed by atoms with Gasteiger partial charge in [-0.05, 0) is 77.0 Å². The van der Waals surface area contributed by atoms with Crippen LogP contribution in [0.4, 0.5) is 13.2 Å². The molecule has 0 spiro atoms. The van der Waals surface area contributed by atoms with Gasteiger partial charge in [0.25, 0.3) is 0 Å². The van der Waals surface area contributed by atoms with E-state index in [0.29, 0.717) is 51.4 Å². The Balaban J connectivity index is 5.15. The highest BCUT2D eigenvalue weighted by Gasteiger charge is 2.45. The lowest BCUT2D eigenvalue weighted by Gasteiger charge is -2.43. The molecule has 0 rings (SSSR count). The zero-order valence-electron chi connectivity index (χ0n) is 20.9. The first-order chi connectivity index (χ1) is 13.4. The molecule has 0 aliphatic carbocycles. The van der Waals surface area contributed by atoms with Crippen LogP contribution >= 0.6 is 0 Å². The summed E-state index contributed by atoms with van der Waals surface area (Å²) in [6.45, 7) is 15.8. The molecular formula is C26H51F3. The highest BCUT2D eigenvalue weighted by molar-refractivity contribution is 4.95. The van der Waals surface area contributed by atoms with Gasteiger partial charge in [-0.3, -0.25) is 0 Å². The van der Waals surface area contributed by atoms with Crippen molar-refractivity contribution >= 4 is 0 Å². The van der Waals surface area contributed by atoms with Crippen molar-refractivity contribution in [2.75, 3.05) is 0 Å². The van der Waals surface area contributed by atoms with Crippen molar-refractivity contribution in [3.8, 4) is 0 Å². The third kappa shape index (κ3) is 8.09. The van der Waals surface area contributed by atoms with Crippen molar-refractivity contribution in [2.24, 2.45) is 11.3 Å². The van der Waals surface area contributed by atoms with Crippen molar-refractivity contribution in [3.05, 3.63) is 0 Å². The molecule has 0 bridgehead atoms. The minimum absolute atomic E-state index is 0.0288. The van der Waals surface area contributed by atoms with E-state index in [1.807, 2.05) is 34.6 Å². The third-order valence-corrected chi connectivity index (χ3v) is 8.15. The van der Waals surface area contributed by atoms with Crippen molar-refractivity contribution < 1.29 is 13.2 Å². The third-order valence-electron chi connectivity index (χ3n) is 8.15. The number of hydrogen-bond donors (Lipinski definition) is 0. The van der Waals surface area contributed by atoms with Crippen LogP contribution in [0.25, 0.3) is 0 Å². The summed E-state index contributed by atoms with van der Waals surface area (Å²) in [5, 5.41) is 0. The average molecular weight is 421 g/mol. The number of rotatable bonds is 17. The summed E-state index contributed by atoms with van der Waals surface area (Å²) in [6.07, 6.45) is 7.74. The topological polar surface area (TPSA) is 0 Å². The Bertz CT molecular complexity index is 426. The van der Waals surface area contributed by atoms with Gasteiger partial charge in [-0.1, -0.05) is 67.7 Å². The van der Waals surface area contributed by atoms with E-state index in [1.165, 1.54) is 0 Å². The predicted octanol–water partition coefficient (Wildman–Crippen LogP) is 9.94. The van der Waals surface area contributed by atoms with Gasteiger partial charge in [-0.15, -0.1) is 0 Å². The van der Waals surface area contributed by atoms with E-state index < -0.39 is 17.0 Å². The van der Waals surface area contributed by atoms with Crippen LogP contribution in [0, 0.1) is 11.3 Å². The van der Waals surface area contributed by atoms with E-state index in [2.05, 4.69) is 13.8 Å². The quantitative estimate of drug-likeness (QED) is 0.219. The molecule has 0 nitrogen and oxygen atoms in total. The largest absolute Gasteiger partial charge is 0.244 e. The Morgan fingerprint density at radius 2 is 1.10 bits per heavy atom. The monoisotopic (exact) mass is 420 g/mol. The second kappa shape index (κ2) is 12.6. The minimum Gasteiger partial charge on any atom is -0.244 e. The Kier molecular flexibility index (Phi) is 12.5. The van der Waals surface area contributed by atoms with Crippen LogP contribution in [0.15, 0.2) is 0 Å². The predicted molar refractivity (Wildman–Crippen MR) is 123 cm³/mol. The van der Waals surface area contributed by atoms with Gasteiger partial charge >= 0.3 is 0 Å². The second-order valence-electron chi connectivity index (χ2n) is 10.0. The van der Waals surface area contributed by atoms with Crippen LogP contribution < -0.4 is 0 Å². The smallest absolute Gasteiger partial charge is 0.116 e. The van der Waals surface area contributed by atoms with Gasteiger partial charge in [0.1, 0.15) is 17.0 Å². The summed E-state index contributed by atoms with van der Waals surface area (Å²) in [5.41, 5.74) is -4.12. The van der Waals surface area contributed by atoms with Crippen LogP contribution in [0.1, 0.15) is 139 Å². The van der Waals surface area contributed by atoms with Crippen LogP contribution in [-0.2, 0) is 0 Å². The molecule has 0 N–H and O–H groups in total. The molecule has 3 atom stereocenters. The first-order valence-electron chi connectivity index (χ1n) is 12.5. The summed E-state index contributed by atoms with van der Waals surface area (Å²) in [4.78, 5) is 0. The van der Waals surface area contributed by atoms with E-state index in [0.717, 1.165) is 32.1 Å². The lowest BCUT2D eigenvalue weighted by atomic mass is 9.66. The summed E-state index contributed by atoms with van der Waals surface area (Å²) >= 11 is 0. The maximum Gasteiger partial charge on any atom is 0.116 e. The molecular weight excluding hydrogens is 369 g/mol. The highest BCUT2D eigenvalue weighted by atomic mass is 19.2. The normalized spacial score (nSPS) is 19.0. The lowest BCUT2D eigenvalue weighted by molar-refractivity contribution is -0.0249. The Labute approximate surface area is 180 Å². The van der Waals surface area contributed by atoms with Crippen LogP contribution in [-0.4, -0.2) is 17.0 Å².